The van der Waals surface area contributed by atoms with Gasteiger partial charge in [-0.3, -0.25) is 14.5 Å². The predicted molar refractivity (Wildman–Crippen MR) is 107 cm³/mol. The molecule has 1 saturated heterocycles. The number of hydrogen-bond acceptors (Lipinski definition) is 5. The molecule has 3 rings (SSSR count). The van der Waals surface area contributed by atoms with Crippen LogP contribution in [0.3, 0.4) is 0 Å². The van der Waals surface area contributed by atoms with E-state index in [1.54, 1.807) is 18.2 Å². The van der Waals surface area contributed by atoms with E-state index in [4.69, 9.17) is 0 Å². The molecule has 158 valence electrons. The number of benzene rings is 1. The van der Waals surface area contributed by atoms with Crippen molar-refractivity contribution in [3.8, 4) is 0 Å². The van der Waals surface area contributed by atoms with Gasteiger partial charge in [-0.05, 0) is 50.2 Å². The molecule has 1 saturated carbocycles. The van der Waals surface area contributed by atoms with Crippen LogP contribution in [0.25, 0.3) is 0 Å². The second-order valence-corrected chi connectivity index (χ2v) is 10.0. The molecule has 0 aromatic heterocycles. The highest BCUT2D eigenvalue weighted by Crippen LogP contribution is 2.36. The summed E-state index contributed by atoms with van der Waals surface area (Å²) in [5.41, 5.74) is -0.867. The molecule has 1 aromatic carbocycles. The third-order valence-corrected chi connectivity index (χ3v) is 7.51. The second kappa shape index (κ2) is 8.52. The average molecular weight is 422 g/mol. The van der Waals surface area contributed by atoms with Crippen LogP contribution in [0.2, 0.25) is 0 Å². The number of urea groups is 1. The maximum Gasteiger partial charge on any atom is 0.325 e. The third kappa shape index (κ3) is 4.77. The Kier molecular flexibility index (Phi) is 6.26. The van der Waals surface area contributed by atoms with Gasteiger partial charge >= 0.3 is 6.03 Å². The van der Waals surface area contributed by atoms with Crippen molar-refractivity contribution in [1.82, 2.24) is 15.5 Å². The van der Waals surface area contributed by atoms with E-state index in [0.717, 1.165) is 17.7 Å². The first-order valence-electron chi connectivity index (χ1n) is 9.92. The summed E-state index contributed by atoms with van der Waals surface area (Å²) in [7, 11) is -3.40. The number of carbonyl (C=O) groups excluding carboxylic acids is 3. The summed E-state index contributed by atoms with van der Waals surface area (Å²) < 4.78 is 24.4. The van der Waals surface area contributed by atoms with E-state index < -0.39 is 27.3 Å². The standard InChI is InChI=1S/C20H27N3O5S/c1-15-8-10-20(11-9-15)18(25)23(19(26)22-20)14-17(24)21-12-5-13-29(27,28)16-6-3-2-4-7-16/h2-4,6-7,15H,5,8-14H2,1H3,(H,21,24)(H,22,26). The van der Waals surface area contributed by atoms with E-state index >= 15 is 0 Å². The summed E-state index contributed by atoms with van der Waals surface area (Å²) in [6, 6.07) is 7.60. The third-order valence-electron chi connectivity index (χ3n) is 5.69. The fraction of sp³-hybridized carbons (Fsp3) is 0.550. The van der Waals surface area contributed by atoms with Crippen LogP contribution in [-0.4, -0.2) is 55.5 Å². The number of amides is 4. The molecule has 1 aliphatic heterocycles. The number of nitrogens with one attached hydrogen (secondary N) is 2. The van der Waals surface area contributed by atoms with Crippen LogP contribution in [0.15, 0.2) is 35.2 Å². The highest BCUT2D eigenvalue weighted by atomic mass is 32.2. The van der Waals surface area contributed by atoms with Gasteiger partial charge in [0.15, 0.2) is 9.84 Å². The van der Waals surface area contributed by atoms with Gasteiger partial charge in [-0.15, -0.1) is 0 Å². The quantitative estimate of drug-likeness (QED) is 0.511. The van der Waals surface area contributed by atoms with E-state index in [2.05, 4.69) is 17.6 Å². The Labute approximate surface area is 170 Å². The maximum absolute atomic E-state index is 12.7. The monoisotopic (exact) mass is 421 g/mol. The number of nitrogens with zero attached hydrogens (tertiary/aromatic N) is 1. The molecule has 29 heavy (non-hydrogen) atoms. The smallest absolute Gasteiger partial charge is 0.325 e. The van der Waals surface area contributed by atoms with Gasteiger partial charge in [-0.2, -0.15) is 0 Å². The van der Waals surface area contributed by atoms with Crippen molar-refractivity contribution >= 4 is 27.7 Å². The van der Waals surface area contributed by atoms with Crippen molar-refractivity contribution in [3.63, 3.8) is 0 Å². The molecular weight excluding hydrogens is 394 g/mol. The van der Waals surface area contributed by atoms with E-state index in [9.17, 15) is 22.8 Å². The first-order valence-corrected chi connectivity index (χ1v) is 11.6. The van der Waals surface area contributed by atoms with Gasteiger partial charge in [-0.1, -0.05) is 25.1 Å². The molecule has 0 bridgehead atoms. The maximum atomic E-state index is 12.7. The summed E-state index contributed by atoms with van der Waals surface area (Å²) in [4.78, 5) is 38.4. The van der Waals surface area contributed by atoms with Crippen molar-refractivity contribution < 1.29 is 22.8 Å². The van der Waals surface area contributed by atoms with Crippen molar-refractivity contribution in [3.05, 3.63) is 30.3 Å². The van der Waals surface area contributed by atoms with Gasteiger partial charge < -0.3 is 10.6 Å². The molecule has 0 atom stereocenters. The normalized spacial score (nSPS) is 24.6. The first kappa shape index (κ1) is 21.3. The highest BCUT2D eigenvalue weighted by molar-refractivity contribution is 7.91. The van der Waals surface area contributed by atoms with Crippen LogP contribution in [-0.2, 0) is 19.4 Å². The minimum Gasteiger partial charge on any atom is -0.355 e. The topological polar surface area (TPSA) is 113 Å². The lowest BCUT2D eigenvalue weighted by Crippen LogP contribution is -2.50. The lowest BCUT2D eigenvalue weighted by atomic mass is 9.77. The van der Waals surface area contributed by atoms with E-state index in [1.807, 2.05) is 0 Å². The van der Waals surface area contributed by atoms with Gasteiger partial charge in [0.2, 0.25) is 5.91 Å². The Balaban J connectivity index is 1.46. The SMILES string of the molecule is CC1CCC2(CC1)NC(=O)N(CC(=O)NCCCS(=O)(=O)c1ccccc1)C2=O. The van der Waals surface area contributed by atoms with Gasteiger partial charge in [0, 0.05) is 6.54 Å². The van der Waals surface area contributed by atoms with Crippen molar-refractivity contribution in [1.29, 1.82) is 0 Å². The van der Waals surface area contributed by atoms with Gasteiger partial charge in [0.25, 0.3) is 5.91 Å². The van der Waals surface area contributed by atoms with Crippen LogP contribution in [0.5, 0.6) is 0 Å². The fourth-order valence-corrected chi connectivity index (χ4v) is 5.18. The number of hydrogen-bond donors (Lipinski definition) is 2. The molecule has 8 nitrogen and oxygen atoms in total. The second-order valence-electron chi connectivity index (χ2n) is 7.92. The molecule has 1 spiro atoms. The zero-order valence-electron chi connectivity index (χ0n) is 16.5. The molecule has 1 aromatic rings. The molecule has 9 heteroatoms. The first-order chi connectivity index (χ1) is 13.7. The lowest BCUT2D eigenvalue weighted by Gasteiger charge is -2.33. The molecule has 1 aliphatic carbocycles. The predicted octanol–water partition coefficient (Wildman–Crippen LogP) is 1.47. The van der Waals surface area contributed by atoms with Crippen molar-refractivity contribution in [2.45, 2.75) is 49.5 Å². The van der Waals surface area contributed by atoms with Crippen LogP contribution < -0.4 is 10.6 Å². The molecule has 2 fully saturated rings. The summed E-state index contributed by atoms with van der Waals surface area (Å²) in [6.07, 6.45) is 3.15. The largest absolute Gasteiger partial charge is 0.355 e. The molecule has 0 unspecified atom stereocenters. The van der Waals surface area contributed by atoms with E-state index in [1.165, 1.54) is 12.1 Å². The summed E-state index contributed by atoms with van der Waals surface area (Å²) >= 11 is 0. The lowest BCUT2D eigenvalue weighted by molar-refractivity contribution is -0.136. The van der Waals surface area contributed by atoms with Gasteiger partial charge in [-0.25, -0.2) is 13.2 Å². The van der Waals surface area contributed by atoms with Crippen LogP contribution in [0.1, 0.15) is 39.0 Å². The molecule has 0 radical (unpaired) electrons. The van der Waals surface area contributed by atoms with Crippen molar-refractivity contribution in [2.24, 2.45) is 5.92 Å². The number of rotatable bonds is 7. The summed E-state index contributed by atoms with van der Waals surface area (Å²) in [5.74, 6) is -0.389. The minimum atomic E-state index is -3.40. The van der Waals surface area contributed by atoms with Crippen LogP contribution in [0.4, 0.5) is 4.79 Å². The van der Waals surface area contributed by atoms with Crippen LogP contribution in [0, 0.1) is 5.92 Å². The molecular formula is C20H27N3O5S. The van der Waals surface area contributed by atoms with E-state index in [-0.39, 0.29) is 36.1 Å². The summed E-state index contributed by atoms with van der Waals surface area (Å²) in [5, 5.41) is 5.37. The van der Waals surface area contributed by atoms with Gasteiger partial charge in [0.05, 0.1) is 10.6 Å². The zero-order valence-corrected chi connectivity index (χ0v) is 17.3. The Morgan fingerprint density at radius 3 is 2.52 bits per heavy atom. The number of carbonyl (C=O) groups is 3. The fourth-order valence-electron chi connectivity index (χ4n) is 3.85. The minimum absolute atomic E-state index is 0.0955. The number of imide groups is 1. The Morgan fingerprint density at radius 2 is 1.86 bits per heavy atom. The molecule has 1 heterocycles. The molecule has 4 amide bonds. The Morgan fingerprint density at radius 1 is 1.21 bits per heavy atom. The average Bonchev–Trinajstić information content (AvgIpc) is 2.92. The Hall–Kier alpha value is -2.42. The van der Waals surface area contributed by atoms with E-state index in [0.29, 0.717) is 18.8 Å². The zero-order chi connectivity index (χ0) is 21.1. The van der Waals surface area contributed by atoms with Crippen molar-refractivity contribution in [2.75, 3.05) is 18.8 Å². The van der Waals surface area contributed by atoms with Gasteiger partial charge in [0.1, 0.15) is 12.1 Å². The highest BCUT2D eigenvalue weighted by Gasteiger charge is 2.52. The van der Waals surface area contributed by atoms with Crippen LogP contribution >= 0.6 is 0 Å². The number of sulfone groups is 1. The summed E-state index contributed by atoms with van der Waals surface area (Å²) in [6.45, 7) is 1.92. The molecule has 2 N–H and O–H groups in total. The molecule has 2 aliphatic rings. The Bertz CT molecular complexity index is 877.